The molecule has 0 N–H and O–H groups in total. The lowest BCUT2D eigenvalue weighted by Crippen LogP contribution is -2.41. The van der Waals surface area contributed by atoms with Crippen molar-refractivity contribution in [3.63, 3.8) is 0 Å². The minimum atomic E-state index is -1.90. The maximum atomic E-state index is 13.7. The van der Waals surface area contributed by atoms with Crippen molar-refractivity contribution < 1.29 is 28.8 Å². The van der Waals surface area contributed by atoms with Crippen molar-refractivity contribution in [2.24, 2.45) is 10.8 Å². The summed E-state index contributed by atoms with van der Waals surface area (Å²) in [6.45, 7) is 1.57. The van der Waals surface area contributed by atoms with Crippen LogP contribution in [-0.4, -0.2) is 22.6 Å². The molecular weight excluding hydrogens is 506 g/mol. The van der Waals surface area contributed by atoms with E-state index in [1.165, 1.54) is 24.3 Å². The zero-order chi connectivity index (χ0) is 24.3. The topological polar surface area (TPSA) is 113 Å². The number of fused-ring (bicyclic) bond motifs is 3. The molecule has 170 valence electrons. The van der Waals surface area contributed by atoms with Gasteiger partial charge in [-0.15, -0.1) is 0 Å². The molecule has 1 fully saturated rings. The molecule has 3 aromatic carbocycles. The molecule has 3 atom stereocenters. The first-order chi connectivity index (χ1) is 16.2. The summed E-state index contributed by atoms with van der Waals surface area (Å²) in [5, 5.41) is 10.9. The van der Waals surface area contributed by atoms with E-state index < -0.39 is 33.6 Å². The minimum absolute atomic E-state index is 0.0146. The first kappa shape index (κ1) is 22.0. The van der Waals surface area contributed by atoms with Crippen molar-refractivity contribution in [3.05, 3.63) is 98.5 Å². The van der Waals surface area contributed by atoms with Crippen LogP contribution in [0.5, 0.6) is 11.5 Å². The molecule has 0 aromatic heterocycles. The second-order valence-electron chi connectivity index (χ2n) is 8.35. The zero-order valence-corrected chi connectivity index (χ0v) is 19.3. The Kier molecular flexibility index (Phi) is 4.91. The van der Waals surface area contributed by atoms with E-state index in [-0.39, 0.29) is 17.2 Å². The first-order valence-electron chi connectivity index (χ1n) is 10.3. The maximum absolute atomic E-state index is 13.7. The number of para-hydroxylation sites is 1. The van der Waals surface area contributed by atoms with Crippen LogP contribution >= 0.6 is 15.9 Å². The predicted molar refractivity (Wildman–Crippen MR) is 123 cm³/mol. The molecule has 0 saturated heterocycles. The molecule has 5 rings (SSSR count). The van der Waals surface area contributed by atoms with E-state index in [4.69, 9.17) is 9.47 Å². The minimum Gasteiger partial charge on any atom is -0.426 e. The molecule has 0 unspecified atom stereocenters. The Morgan fingerprint density at radius 2 is 1.68 bits per heavy atom. The number of nitro benzene ring substituents is 1. The number of ether oxygens (including phenoxy) is 2. The Labute approximate surface area is 201 Å². The molecule has 1 aliphatic carbocycles. The molecule has 1 saturated carbocycles. The van der Waals surface area contributed by atoms with Crippen molar-refractivity contribution in [2.45, 2.75) is 12.8 Å². The van der Waals surface area contributed by atoms with Gasteiger partial charge in [-0.3, -0.25) is 24.5 Å². The van der Waals surface area contributed by atoms with Gasteiger partial charge in [-0.25, -0.2) is 0 Å². The summed E-state index contributed by atoms with van der Waals surface area (Å²) >= 11 is 3.34. The molecule has 0 amide bonds. The van der Waals surface area contributed by atoms with Crippen LogP contribution in [0, 0.1) is 20.9 Å². The lowest BCUT2D eigenvalue weighted by molar-refractivity contribution is -0.384. The number of benzene rings is 3. The third kappa shape index (κ3) is 2.93. The van der Waals surface area contributed by atoms with Gasteiger partial charge in [-0.05, 0) is 37.3 Å². The quantitative estimate of drug-likeness (QED) is 0.118. The summed E-state index contributed by atoms with van der Waals surface area (Å²) in [5.41, 5.74) is -2.62. The number of nitro groups is 1. The Morgan fingerprint density at radius 3 is 2.32 bits per heavy atom. The van der Waals surface area contributed by atoms with Gasteiger partial charge >= 0.3 is 11.9 Å². The van der Waals surface area contributed by atoms with Gasteiger partial charge in [-0.1, -0.05) is 46.3 Å². The van der Waals surface area contributed by atoms with Gasteiger partial charge in [0.1, 0.15) is 11.5 Å². The van der Waals surface area contributed by atoms with Gasteiger partial charge in [0.15, 0.2) is 11.2 Å². The van der Waals surface area contributed by atoms with Crippen molar-refractivity contribution >= 4 is 39.3 Å². The molecule has 9 heteroatoms. The third-order valence-electron chi connectivity index (χ3n) is 6.66. The molecule has 8 nitrogen and oxygen atoms in total. The van der Waals surface area contributed by atoms with E-state index in [1.807, 2.05) is 0 Å². The number of esters is 2. The smallest absolute Gasteiger partial charge is 0.330 e. The molecular formula is C25H16BrNO7. The fourth-order valence-electron chi connectivity index (χ4n) is 4.93. The van der Waals surface area contributed by atoms with Gasteiger partial charge in [-0.2, -0.15) is 0 Å². The SMILES string of the molecule is C[C@]1(C(=O)c2ccc(Br)cc2)[C@@H]2c3ccccc3OC(=O)[C@]21C(=O)Oc1ccc([N+](=O)[O-])cc1. The maximum Gasteiger partial charge on any atom is 0.330 e. The summed E-state index contributed by atoms with van der Waals surface area (Å²) in [4.78, 5) is 51.0. The van der Waals surface area contributed by atoms with Gasteiger partial charge < -0.3 is 9.47 Å². The number of carbonyl (C=O) groups excluding carboxylic acids is 3. The van der Waals surface area contributed by atoms with E-state index in [9.17, 15) is 24.5 Å². The molecule has 1 heterocycles. The number of ketones is 1. The summed E-state index contributed by atoms with van der Waals surface area (Å²) in [6.07, 6.45) is 0. The largest absolute Gasteiger partial charge is 0.426 e. The van der Waals surface area contributed by atoms with E-state index in [2.05, 4.69) is 15.9 Å². The van der Waals surface area contributed by atoms with Gasteiger partial charge in [0.05, 0.1) is 10.3 Å². The third-order valence-corrected chi connectivity index (χ3v) is 7.19. The van der Waals surface area contributed by atoms with Crippen LogP contribution < -0.4 is 9.47 Å². The van der Waals surface area contributed by atoms with Gasteiger partial charge in [0, 0.05) is 33.7 Å². The predicted octanol–water partition coefficient (Wildman–Crippen LogP) is 4.85. The summed E-state index contributed by atoms with van der Waals surface area (Å²) in [7, 11) is 0. The lowest BCUT2D eigenvalue weighted by atomic mass is 9.87. The molecule has 0 bridgehead atoms. The number of nitrogens with zero attached hydrogens (tertiary/aromatic N) is 1. The molecule has 3 aromatic rings. The second kappa shape index (κ2) is 7.59. The molecule has 34 heavy (non-hydrogen) atoms. The molecule has 2 aliphatic rings. The van der Waals surface area contributed by atoms with E-state index in [1.54, 1.807) is 55.5 Å². The van der Waals surface area contributed by atoms with E-state index in [0.717, 1.165) is 4.47 Å². The Balaban J connectivity index is 1.59. The normalized spacial score (nSPS) is 24.3. The summed E-state index contributed by atoms with van der Waals surface area (Å²) in [5.74, 6) is -2.68. The van der Waals surface area contributed by atoms with Crippen molar-refractivity contribution in [2.75, 3.05) is 0 Å². The summed E-state index contributed by atoms with van der Waals surface area (Å²) in [6, 6.07) is 18.3. The average molecular weight is 522 g/mol. The van der Waals surface area contributed by atoms with Crippen molar-refractivity contribution in [1.29, 1.82) is 0 Å². The monoisotopic (exact) mass is 521 g/mol. The molecule has 0 spiro atoms. The number of hydrogen-bond acceptors (Lipinski definition) is 7. The Hall–Kier alpha value is -3.85. The van der Waals surface area contributed by atoms with Crippen LogP contribution in [0.25, 0.3) is 0 Å². The van der Waals surface area contributed by atoms with Gasteiger partial charge in [0.2, 0.25) is 0 Å². The number of carbonyl (C=O) groups is 3. The van der Waals surface area contributed by atoms with Crippen LogP contribution in [0.15, 0.2) is 77.3 Å². The Bertz CT molecular complexity index is 1370. The number of rotatable bonds is 5. The average Bonchev–Trinajstić information content (AvgIpc) is 3.43. The van der Waals surface area contributed by atoms with Gasteiger partial charge in [0.25, 0.3) is 5.69 Å². The standard InChI is InChI=1S/C25H16BrNO7/c1-24(21(28)14-6-8-15(26)9-7-14)20-18-4-2-3-5-19(18)34-23(30)25(20,24)22(29)33-17-12-10-16(11-13-17)27(31)32/h2-13,20H,1H3/t20-,24+,25+/m0/s1. The zero-order valence-electron chi connectivity index (χ0n) is 17.7. The first-order valence-corrected chi connectivity index (χ1v) is 11.1. The Morgan fingerprint density at radius 1 is 1.03 bits per heavy atom. The fourth-order valence-corrected chi connectivity index (χ4v) is 5.20. The highest BCUT2D eigenvalue weighted by Crippen LogP contribution is 2.78. The highest BCUT2D eigenvalue weighted by Gasteiger charge is 2.89. The summed E-state index contributed by atoms with van der Waals surface area (Å²) < 4.78 is 11.8. The number of non-ortho nitro benzene ring substituents is 1. The number of Topliss-reactive ketones (excluding diaryl/α,β-unsaturated/α-hetero) is 1. The van der Waals surface area contributed by atoms with Crippen molar-refractivity contribution in [1.82, 2.24) is 0 Å². The van der Waals surface area contributed by atoms with E-state index in [0.29, 0.717) is 16.9 Å². The fraction of sp³-hybridized carbons (Fsp3) is 0.160. The second-order valence-corrected chi connectivity index (χ2v) is 9.26. The van der Waals surface area contributed by atoms with Crippen LogP contribution in [0.2, 0.25) is 0 Å². The van der Waals surface area contributed by atoms with Crippen LogP contribution in [-0.2, 0) is 9.59 Å². The van der Waals surface area contributed by atoms with Crippen LogP contribution in [0.3, 0.4) is 0 Å². The van der Waals surface area contributed by atoms with Crippen molar-refractivity contribution in [3.8, 4) is 11.5 Å². The lowest BCUT2D eigenvalue weighted by Gasteiger charge is -2.22. The van der Waals surface area contributed by atoms with Crippen LogP contribution in [0.4, 0.5) is 5.69 Å². The molecule has 0 radical (unpaired) electrons. The molecule has 1 aliphatic heterocycles. The van der Waals surface area contributed by atoms with E-state index >= 15 is 0 Å². The number of halogens is 1. The number of hydrogen-bond donors (Lipinski definition) is 0. The van der Waals surface area contributed by atoms with Crippen LogP contribution in [0.1, 0.15) is 28.8 Å². The highest BCUT2D eigenvalue weighted by atomic mass is 79.9. The highest BCUT2D eigenvalue weighted by molar-refractivity contribution is 9.10.